The lowest BCUT2D eigenvalue weighted by atomic mass is 10.0. The Morgan fingerprint density at radius 1 is 1.36 bits per heavy atom. The molecule has 1 amide bonds. The molecule has 0 aliphatic heterocycles. The van der Waals surface area contributed by atoms with Crippen molar-refractivity contribution in [2.75, 3.05) is 0 Å². The number of carbonyl (C=O) groups excluding carboxylic acids is 1. The summed E-state index contributed by atoms with van der Waals surface area (Å²) in [4.78, 5) is 10.5. The minimum absolute atomic E-state index is 0.244. The Bertz CT molecular complexity index is 285. The van der Waals surface area contributed by atoms with Gasteiger partial charge in [0.05, 0.1) is 6.10 Å². The molecular formula is C11H15NO2. The molecule has 0 saturated heterocycles. The molecule has 1 aromatic rings. The third-order valence-corrected chi connectivity index (χ3v) is 2.04. The monoisotopic (exact) mass is 193 g/mol. The Morgan fingerprint density at radius 3 is 2.57 bits per heavy atom. The molecule has 1 atom stereocenters. The van der Waals surface area contributed by atoms with E-state index in [1.807, 2.05) is 30.3 Å². The summed E-state index contributed by atoms with van der Waals surface area (Å²) >= 11 is 0. The van der Waals surface area contributed by atoms with E-state index in [4.69, 9.17) is 5.73 Å². The predicted molar refractivity (Wildman–Crippen MR) is 54.6 cm³/mol. The molecule has 0 radical (unpaired) electrons. The van der Waals surface area contributed by atoms with Gasteiger partial charge < -0.3 is 10.8 Å². The molecule has 14 heavy (non-hydrogen) atoms. The zero-order chi connectivity index (χ0) is 10.4. The van der Waals surface area contributed by atoms with Crippen LogP contribution < -0.4 is 5.73 Å². The minimum atomic E-state index is -0.482. The normalized spacial score (nSPS) is 12.4. The van der Waals surface area contributed by atoms with E-state index in [0.29, 0.717) is 12.8 Å². The molecule has 0 aliphatic rings. The first-order chi connectivity index (χ1) is 6.68. The maximum absolute atomic E-state index is 10.5. The van der Waals surface area contributed by atoms with Crippen LogP contribution in [0.25, 0.3) is 0 Å². The Kier molecular flexibility index (Phi) is 4.13. The first-order valence-corrected chi connectivity index (χ1v) is 4.69. The summed E-state index contributed by atoms with van der Waals surface area (Å²) < 4.78 is 0. The van der Waals surface area contributed by atoms with Crippen molar-refractivity contribution >= 4 is 5.91 Å². The van der Waals surface area contributed by atoms with Gasteiger partial charge in [-0.3, -0.25) is 4.79 Å². The predicted octanol–water partition coefficient (Wildman–Crippen LogP) is 0.855. The first kappa shape index (κ1) is 10.7. The van der Waals surface area contributed by atoms with Crippen LogP contribution in [-0.4, -0.2) is 17.1 Å². The van der Waals surface area contributed by atoms with Crippen molar-refractivity contribution in [3.05, 3.63) is 35.9 Å². The topological polar surface area (TPSA) is 63.3 Å². The molecular weight excluding hydrogens is 178 g/mol. The summed E-state index contributed by atoms with van der Waals surface area (Å²) in [5, 5.41) is 9.54. The maximum Gasteiger partial charge on any atom is 0.217 e. The van der Waals surface area contributed by atoms with Gasteiger partial charge >= 0.3 is 0 Å². The van der Waals surface area contributed by atoms with Crippen LogP contribution in [-0.2, 0) is 11.2 Å². The van der Waals surface area contributed by atoms with Crippen molar-refractivity contribution in [1.29, 1.82) is 0 Å². The molecule has 0 bridgehead atoms. The first-order valence-electron chi connectivity index (χ1n) is 4.69. The van der Waals surface area contributed by atoms with Gasteiger partial charge in [0.25, 0.3) is 0 Å². The van der Waals surface area contributed by atoms with Gasteiger partial charge in [0.1, 0.15) is 0 Å². The van der Waals surface area contributed by atoms with Gasteiger partial charge in [0, 0.05) is 6.42 Å². The molecule has 0 heterocycles. The van der Waals surface area contributed by atoms with E-state index in [9.17, 15) is 9.90 Å². The van der Waals surface area contributed by atoms with Crippen molar-refractivity contribution in [2.45, 2.75) is 25.4 Å². The zero-order valence-corrected chi connectivity index (χ0v) is 8.02. The average molecular weight is 193 g/mol. The van der Waals surface area contributed by atoms with Gasteiger partial charge in [-0.1, -0.05) is 30.3 Å². The fourth-order valence-corrected chi connectivity index (χ4v) is 1.30. The van der Waals surface area contributed by atoms with E-state index in [2.05, 4.69) is 0 Å². The van der Waals surface area contributed by atoms with E-state index in [0.717, 1.165) is 5.56 Å². The van der Waals surface area contributed by atoms with Crippen LogP contribution in [0.2, 0.25) is 0 Å². The molecule has 0 aliphatic carbocycles. The fourth-order valence-electron chi connectivity index (χ4n) is 1.30. The lowest BCUT2D eigenvalue weighted by Crippen LogP contribution is -2.16. The van der Waals surface area contributed by atoms with E-state index in [-0.39, 0.29) is 12.3 Å². The van der Waals surface area contributed by atoms with Gasteiger partial charge in [0.15, 0.2) is 0 Å². The summed E-state index contributed by atoms with van der Waals surface area (Å²) in [6.07, 6.45) is 0.775. The fraction of sp³-hybridized carbons (Fsp3) is 0.364. The number of rotatable bonds is 5. The highest BCUT2D eigenvalue weighted by Crippen LogP contribution is 2.06. The highest BCUT2D eigenvalue weighted by atomic mass is 16.3. The van der Waals surface area contributed by atoms with Crippen molar-refractivity contribution in [3.63, 3.8) is 0 Å². The number of aliphatic hydroxyl groups is 1. The molecule has 1 unspecified atom stereocenters. The number of primary amides is 1. The van der Waals surface area contributed by atoms with Crippen LogP contribution in [0.4, 0.5) is 0 Å². The lowest BCUT2D eigenvalue weighted by molar-refractivity contribution is -0.118. The smallest absolute Gasteiger partial charge is 0.217 e. The SMILES string of the molecule is NC(=O)CCC(O)Cc1ccccc1. The standard InChI is InChI=1S/C11H15NO2/c12-11(14)7-6-10(13)8-9-4-2-1-3-5-9/h1-5,10,13H,6-8H2,(H2,12,14). The quantitative estimate of drug-likeness (QED) is 0.728. The van der Waals surface area contributed by atoms with Crippen molar-refractivity contribution in [3.8, 4) is 0 Å². The van der Waals surface area contributed by atoms with Crippen molar-refractivity contribution in [1.82, 2.24) is 0 Å². The van der Waals surface area contributed by atoms with Crippen LogP contribution in [0.1, 0.15) is 18.4 Å². The average Bonchev–Trinajstić information content (AvgIpc) is 2.16. The van der Waals surface area contributed by atoms with E-state index in [1.165, 1.54) is 0 Å². The van der Waals surface area contributed by atoms with Gasteiger partial charge in [0.2, 0.25) is 5.91 Å². The second-order valence-corrected chi connectivity index (χ2v) is 3.35. The van der Waals surface area contributed by atoms with Crippen molar-refractivity contribution < 1.29 is 9.90 Å². The summed E-state index contributed by atoms with van der Waals surface area (Å²) in [6.45, 7) is 0. The van der Waals surface area contributed by atoms with Crippen LogP contribution in [0.5, 0.6) is 0 Å². The van der Waals surface area contributed by atoms with Crippen LogP contribution >= 0.6 is 0 Å². The molecule has 0 aromatic heterocycles. The van der Waals surface area contributed by atoms with Crippen LogP contribution in [0.3, 0.4) is 0 Å². The molecule has 3 heteroatoms. The van der Waals surface area contributed by atoms with E-state index < -0.39 is 6.10 Å². The Hall–Kier alpha value is -1.35. The van der Waals surface area contributed by atoms with Crippen molar-refractivity contribution in [2.24, 2.45) is 5.73 Å². The Labute approximate surface area is 83.6 Å². The number of carbonyl (C=O) groups is 1. The Balaban J connectivity index is 2.34. The van der Waals surface area contributed by atoms with E-state index >= 15 is 0 Å². The molecule has 76 valence electrons. The molecule has 0 saturated carbocycles. The van der Waals surface area contributed by atoms with Gasteiger partial charge in [-0.25, -0.2) is 0 Å². The summed E-state index contributed by atoms with van der Waals surface area (Å²) in [5.41, 5.74) is 6.06. The molecule has 0 spiro atoms. The zero-order valence-electron chi connectivity index (χ0n) is 8.02. The molecule has 3 N–H and O–H groups in total. The second kappa shape index (κ2) is 5.40. The third kappa shape index (κ3) is 4.05. The number of amides is 1. The largest absolute Gasteiger partial charge is 0.393 e. The van der Waals surface area contributed by atoms with Crippen LogP contribution in [0.15, 0.2) is 30.3 Å². The molecule has 1 rings (SSSR count). The summed E-state index contributed by atoms with van der Waals surface area (Å²) in [7, 11) is 0. The van der Waals surface area contributed by atoms with Gasteiger partial charge in [-0.2, -0.15) is 0 Å². The van der Waals surface area contributed by atoms with Gasteiger partial charge in [-0.15, -0.1) is 0 Å². The number of hydrogen-bond donors (Lipinski definition) is 2. The van der Waals surface area contributed by atoms with E-state index in [1.54, 1.807) is 0 Å². The number of aliphatic hydroxyl groups excluding tert-OH is 1. The second-order valence-electron chi connectivity index (χ2n) is 3.35. The maximum atomic E-state index is 10.5. The van der Waals surface area contributed by atoms with Gasteiger partial charge in [-0.05, 0) is 18.4 Å². The third-order valence-electron chi connectivity index (χ3n) is 2.04. The molecule has 0 fully saturated rings. The Morgan fingerprint density at radius 2 is 2.00 bits per heavy atom. The lowest BCUT2D eigenvalue weighted by Gasteiger charge is -2.08. The minimum Gasteiger partial charge on any atom is -0.393 e. The highest BCUT2D eigenvalue weighted by molar-refractivity contribution is 5.73. The van der Waals surface area contributed by atoms with Crippen LogP contribution in [0, 0.1) is 0 Å². The number of benzene rings is 1. The highest BCUT2D eigenvalue weighted by Gasteiger charge is 2.06. The summed E-state index contributed by atoms with van der Waals surface area (Å²) in [6, 6.07) is 9.69. The number of nitrogens with two attached hydrogens (primary N) is 1. The molecule has 1 aromatic carbocycles. The molecule has 3 nitrogen and oxygen atoms in total. The number of hydrogen-bond acceptors (Lipinski definition) is 2. The summed E-state index contributed by atoms with van der Waals surface area (Å²) in [5.74, 6) is -0.364.